The molecule has 0 radical (unpaired) electrons. The topological polar surface area (TPSA) is 54.2 Å². The average Bonchev–Trinajstić information content (AvgIpc) is 3.13. The van der Waals surface area contributed by atoms with Crippen molar-refractivity contribution in [1.29, 1.82) is 0 Å². The summed E-state index contributed by atoms with van der Waals surface area (Å²) in [6, 6.07) is 1.96. The minimum Gasteiger partial charge on any atom is -0.357 e. The molecule has 1 aromatic heterocycles. The number of hydrogen-bond acceptors (Lipinski definition) is 2. The molecule has 5 heteroatoms. The quantitative estimate of drug-likeness (QED) is 0.461. The molecule has 1 aliphatic rings. The first kappa shape index (κ1) is 15.9. The Hall–Kier alpha value is -1.52. The van der Waals surface area contributed by atoms with Crippen molar-refractivity contribution in [1.82, 2.24) is 20.4 Å². The molecule has 0 amide bonds. The third-order valence-electron chi connectivity index (χ3n) is 4.19. The summed E-state index contributed by atoms with van der Waals surface area (Å²) in [5, 5.41) is 11.0. The summed E-state index contributed by atoms with van der Waals surface area (Å²) in [4.78, 5) is 4.77. The molecule has 0 saturated heterocycles. The molecule has 5 nitrogen and oxygen atoms in total. The van der Waals surface area contributed by atoms with Crippen LogP contribution in [0.5, 0.6) is 0 Å². The Balaban J connectivity index is 1.72. The molecular formula is C16H29N5. The van der Waals surface area contributed by atoms with Crippen molar-refractivity contribution in [2.75, 3.05) is 19.6 Å². The van der Waals surface area contributed by atoms with Crippen LogP contribution >= 0.6 is 0 Å². The maximum absolute atomic E-state index is 4.77. The molecule has 0 atom stereocenters. The number of nitrogens with one attached hydrogen (secondary N) is 2. The van der Waals surface area contributed by atoms with Crippen molar-refractivity contribution in [2.24, 2.45) is 10.4 Å². The lowest BCUT2D eigenvalue weighted by Gasteiger charge is -2.21. The Morgan fingerprint density at radius 1 is 1.33 bits per heavy atom. The lowest BCUT2D eigenvalue weighted by Crippen LogP contribution is -2.38. The Labute approximate surface area is 128 Å². The predicted molar refractivity (Wildman–Crippen MR) is 87.4 cm³/mol. The molecule has 0 unspecified atom stereocenters. The van der Waals surface area contributed by atoms with E-state index in [1.54, 1.807) is 0 Å². The van der Waals surface area contributed by atoms with Gasteiger partial charge in [0.05, 0.1) is 0 Å². The standard InChI is InChI=1S/C16H29N5/c1-3-17-15(19-14-16(2)8-4-5-9-16)18-10-6-12-21-13-7-11-20-21/h7,11,13H,3-6,8-10,12,14H2,1-2H3,(H2,17,18,19). The number of hydrogen-bond donors (Lipinski definition) is 2. The second-order valence-corrected chi connectivity index (χ2v) is 6.26. The van der Waals surface area contributed by atoms with Gasteiger partial charge >= 0.3 is 0 Å². The average molecular weight is 291 g/mol. The van der Waals surface area contributed by atoms with E-state index in [1.165, 1.54) is 25.7 Å². The van der Waals surface area contributed by atoms with Crippen LogP contribution in [0.1, 0.15) is 46.0 Å². The van der Waals surface area contributed by atoms with E-state index in [9.17, 15) is 0 Å². The molecule has 0 aliphatic heterocycles. The number of aryl methyl sites for hydroxylation is 1. The molecule has 1 aromatic rings. The zero-order valence-electron chi connectivity index (χ0n) is 13.4. The lowest BCUT2D eigenvalue weighted by atomic mass is 9.89. The second-order valence-electron chi connectivity index (χ2n) is 6.26. The highest BCUT2D eigenvalue weighted by atomic mass is 15.3. The minimum atomic E-state index is 0.414. The van der Waals surface area contributed by atoms with Crippen LogP contribution in [0.2, 0.25) is 0 Å². The Morgan fingerprint density at radius 2 is 2.14 bits per heavy atom. The fraction of sp³-hybridized carbons (Fsp3) is 0.750. The van der Waals surface area contributed by atoms with Gasteiger partial charge in [-0.3, -0.25) is 9.67 Å². The van der Waals surface area contributed by atoms with Crippen LogP contribution < -0.4 is 10.6 Å². The highest BCUT2D eigenvalue weighted by molar-refractivity contribution is 5.79. The summed E-state index contributed by atoms with van der Waals surface area (Å²) < 4.78 is 1.96. The van der Waals surface area contributed by atoms with Gasteiger partial charge in [-0.25, -0.2) is 0 Å². The van der Waals surface area contributed by atoms with Crippen LogP contribution in [0.15, 0.2) is 23.5 Å². The van der Waals surface area contributed by atoms with Gasteiger partial charge in [0.1, 0.15) is 0 Å². The van der Waals surface area contributed by atoms with Gasteiger partial charge in [0.25, 0.3) is 0 Å². The number of aromatic nitrogens is 2. The van der Waals surface area contributed by atoms with Crippen LogP contribution in [-0.2, 0) is 6.54 Å². The number of guanidine groups is 1. The second kappa shape index (κ2) is 8.05. The summed E-state index contributed by atoms with van der Waals surface area (Å²) in [5.74, 6) is 0.950. The van der Waals surface area contributed by atoms with E-state index >= 15 is 0 Å². The van der Waals surface area contributed by atoms with Crippen LogP contribution in [0, 0.1) is 5.41 Å². The summed E-state index contributed by atoms with van der Waals surface area (Å²) >= 11 is 0. The molecule has 0 spiro atoms. The molecule has 1 fully saturated rings. The van der Waals surface area contributed by atoms with Gasteiger partial charge < -0.3 is 10.6 Å². The van der Waals surface area contributed by atoms with Gasteiger partial charge in [-0.15, -0.1) is 0 Å². The molecule has 1 aliphatic carbocycles. The molecular weight excluding hydrogens is 262 g/mol. The molecule has 0 bridgehead atoms. The molecule has 118 valence electrons. The van der Waals surface area contributed by atoms with Crippen LogP contribution in [-0.4, -0.2) is 35.4 Å². The maximum Gasteiger partial charge on any atom is 0.191 e. The van der Waals surface area contributed by atoms with Gasteiger partial charge in [-0.2, -0.15) is 5.10 Å². The summed E-state index contributed by atoms with van der Waals surface area (Å²) in [6.45, 7) is 8.17. The maximum atomic E-state index is 4.77. The fourth-order valence-electron chi connectivity index (χ4n) is 2.88. The normalized spacial score (nSPS) is 17.9. The van der Waals surface area contributed by atoms with Gasteiger partial charge in [0.15, 0.2) is 5.96 Å². The first-order chi connectivity index (χ1) is 10.2. The van der Waals surface area contributed by atoms with Crippen molar-refractivity contribution in [3.8, 4) is 0 Å². The zero-order valence-corrected chi connectivity index (χ0v) is 13.4. The number of aliphatic imine (C=N–C) groups is 1. The molecule has 0 aromatic carbocycles. The SMILES string of the molecule is CCNC(=NCC1(C)CCCC1)NCCCn1cccn1. The van der Waals surface area contributed by atoms with E-state index in [-0.39, 0.29) is 0 Å². The predicted octanol–water partition coefficient (Wildman–Crippen LogP) is 2.41. The summed E-state index contributed by atoms with van der Waals surface area (Å²) in [6.07, 6.45) is 10.2. The Morgan fingerprint density at radius 3 is 2.81 bits per heavy atom. The Bertz CT molecular complexity index is 418. The highest BCUT2D eigenvalue weighted by Crippen LogP contribution is 2.37. The monoisotopic (exact) mass is 291 g/mol. The van der Waals surface area contributed by atoms with Gasteiger partial charge in [-0.1, -0.05) is 19.8 Å². The molecule has 2 N–H and O–H groups in total. The van der Waals surface area contributed by atoms with Crippen molar-refractivity contribution >= 4 is 5.96 Å². The van der Waals surface area contributed by atoms with E-state index in [1.807, 2.05) is 23.1 Å². The minimum absolute atomic E-state index is 0.414. The Kier molecular flexibility index (Phi) is 6.08. The van der Waals surface area contributed by atoms with E-state index in [2.05, 4.69) is 29.6 Å². The van der Waals surface area contributed by atoms with Crippen LogP contribution in [0.25, 0.3) is 0 Å². The zero-order chi connectivity index (χ0) is 15.0. The van der Waals surface area contributed by atoms with Crippen LogP contribution in [0.4, 0.5) is 0 Å². The summed E-state index contributed by atoms with van der Waals surface area (Å²) in [7, 11) is 0. The van der Waals surface area contributed by atoms with E-state index < -0.39 is 0 Å². The molecule has 1 saturated carbocycles. The van der Waals surface area contributed by atoms with Crippen molar-refractivity contribution in [3.05, 3.63) is 18.5 Å². The fourth-order valence-corrected chi connectivity index (χ4v) is 2.88. The smallest absolute Gasteiger partial charge is 0.191 e. The first-order valence-electron chi connectivity index (χ1n) is 8.21. The third-order valence-corrected chi connectivity index (χ3v) is 4.19. The van der Waals surface area contributed by atoms with E-state index in [0.717, 1.165) is 38.6 Å². The van der Waals surface area contributed by atoms with Crippen molar-refractivity contribution in [3.63, 3.8) is 0 Å². The summed E-state index contributed by atoms with van der Waals surface area (Å²) in [5.41, 5.74) is 0.414. The van der Waals surface area contributed by atoms with E-state index in [4.69, 9.17) is 4.99 Å². The van der Waals surface area contributed by atoms with Gasteiger partial charge in [0.2, 0.25) is 0 Å². The first-order valence-corrected chi connectivity index (χ1v) is 8.21. The van der Waals surface area contributed by atoms with Gasteiger partial charge in [0, 0.05) is 38.6 Å². The van der Waals surface area contributed by atoms with E-state index in [0.29, 0.717) is 5.41 Å². The largest absolute Gasteiger partial charge is 0.357 e. The molecule has 1 heterocycles. The third kappa shape index (κ3) is 5.40. The van der Waals surface area contributed by atoms with Crippen molar-refractivity contribution < 1.29 is 0 Å². The highest BCUT2D eigenvalue weighted by Gasteiger charge is 2.28. The molecule has 2 rings (SSSR count). The van der Waals surface area contributed by atoms with Gasteiger partial charge in [-0.05, 0) is 37.7 Å². The van der Waals surface area contributed by atoms with Crippen LogP contribution in [0.3, 0.4) is 0 Å². The van der Waals surface area contributed by atoms with Crippen molar-refractivity contribution in [2.45, 2.75) is 52.5 Å². The number of nitrogens with zero attached hydrogens (tertiary/aromatic N) is 3. The number of rotatable bonds is 7. The lowest BCUT2D eigenvalue weighted by molar-refractivity contribution is 0.350. The molecule has 21 heavy (non-hydrogen) atoms.